The molecule has 166 valence electrons. The van der Waals surface area contributed by atoms with Crippen molar-refractivity contribution in [3.8, 4) is 0 Å². The molecule has 0 aromatic heterocycles. The first-order valence-electron chi connectivity index (χ1n) is 10.0. The van der Waals surface area contributed by atoms with Crippen molar-refractivity contribution in [1.82, 2.24) is 4.90 Å². The summed E-state index contributed by atoms with van der Waals surface area (Å²) in [5.74, 6) is -2.80. The maximum absolute atomic E-state index is 13.0. The number of carbonyl (C=O) groups excluding carboxylic acids is 3. The molecule has 0 spiro atoms. The van der Waals surface area contributed by atoms with E-state index in [4.69, 9.17) is 18.9 Å². The molecule has 0 bridgehead atoms. The minimum Gasteiger partial charge on any atom is -0.468 e. The fraction of sp³-hybridized carbons (Fsp3) is 0.435. The number of ether oxygens (including phenoxy) is 4. The number of benzene rings is 1. The van der Waals surface area contributed by atoms with Crippen molar-refractivity contribution in [2.45, 2.75) is 12.8 Å². The van der Waals surface area contributed by atoms with Crippen LogP contribution in [0, 0.1) is 5.92 Å². The minimum atomic E-state index is -0.745. The van der Waals surface area contributed by atoms with Gasteiger partial charge in [-0.05, 0) is 36.3 Å². The predicted octanol–water partition coefficient (Wildman–Crippen LogP) is 2.07. The maximum atomic E-state index is 13.0. The molecule has 1 fully saturated rings. The van der Waals surface area contributed by atoms with Crippen LogP contribution in [0.25, 0.3) is 0 Å². The summed E-state index contributed by atoms with van der Waals surface area (Å²) in [6.07, 6.45) is 1.86. The van der Waals surface area contributed by atoms with Gasteiger partial charge in [0, 0.05) is 30.3 Å². The molecule has 0 amide bonds. The smallest absolute Gasteiger partial charge is 0.337 e. The molecular weight excluding hydrogens is 402 g/mol. The molecule has 8 nitrogen and oxygen atoms in total. The Hall–Kier alpha value is -3.13. The lowest BCUT2D eigenvalue weighted by Crippen LogP contribution is -2.43. The number of morpholine rings is 1. The van der Waals surface area contributed by atoms with Gasteiger partial charge in [-0.25, -0.2) is 9.59 Å². The Balaban J connectivity index is 2.15. The third kappa shape index (κ3) is 4.49. The van der Waals surface area contributed by atoms with Gasteiger partial charge in [-0.2, -0.15) is 0 Å². The Bertz CT molecular complexity index is 910. The molecule has 1 heterocycles. The summed E-state index contributed by atoms with van der Waals surface area (Å²) in [6.45, 7) is 4.20. The average Bonchev–Trinajstić information content (AvgIpc) is 2.82. The lowest BCUT2D eigenvalue weighted by Gasteiger charge is -2.40. The fourth-order valence-electron chi connectivity index (χ4n) is 4.17. The van der Waals surface area contributed by atoms with Crippen LogP contribution in [-0.4, -0.2) is 70.4 Å². The molecule has 1 aliphatic heterocycles. The van der Waals surface area contributed by atoms with Crippen molar-refractivity contribution < 1.29 is 33.3 Å². The topological polar surface area (TPSA) is 91.4 Å². The number of methoxy groups -OCH3 is 3. The van der Waals surface area contributed by atoms with Crippen LogP contribution in [0.5, 0.6) is 0 Å². The van der Waals surface area contributed by atoms with Gasteiger partial charge in [0.1, 0.15) is 5.92 Å². The number of hydrogen-bond donors (Lipinski definition) is 0. The van der Waals surface area contributed by atoms with E-state index in [-0.39, 0.29) is 0 Å². The highest BCUT2D eigenvalue weighted by molar-refractivity contribution is 5.95. The first-order valence-corrected chi connectivity index (χ1v) is 10.0. The molecule has 31 heavy (non-hydrogen) atoms. The molecule has 1 aromatic carbocycles. The van der Waals surface area contributed by atoms with Crippen molar-refractivity contribution >= 4 is 17.9 Å². The van der Waals surface area contributed by atoms with Gasteiger partial charge >= 0.3 is 17.9 Å². The number of rotatable bonds is 5. The second kappa shape index (κ2) is 9.78. The van der Waals surface area contributed by atoms with E-state index in [1.807, 2.05) is 13.0 Å². The Labute approximate surface area is 181 Å². The fourth-order valence-corrected chi connectivity index (χ4v) is 4.17. The molecular formula is C23H27NO7. The SMILES string of the molecule is COC(=O)C1=C(C)C=C(N2CCOCC2)[C@H](C(=O)OC)[C@@H]1c1ccc(C(=O)OC)cc1. The number of esters is 3. The van der Waals surface area contributed by atoms with E-state index < -0.39 is 29.7 Å². The number of hydrogen-bond acceptors (Lipinski definition) is 8. The summed E-state index contributed by atoms with van der Waals surface area (Å²) in [4.78, 5) is 39.7. The first-order chi connectivity index (χ1) is 14.9. The van der Waals surface area contributed by atoms with E-state index in [1.54, 1.807) is 24.3 Å². The zero-order valence-corrected chi connectivity index (χ0v) is 18.2. The summed E-state index contributed by atoms with van der Waals surface area (Å²) >= 11 is 0. The number of carbonyl (C=O) groups is 3. The summed E-state index contributed by atoms with van der Waals surface area (Å²) in [6, 6.07) is 6.69. The van der Waals surface area contributed by atoms with Gasteiger partial charge in [-0.1, -0.05) is 12.1 Å². The van der Waals surface area contributed by atoms with Crippen LogP contribution in [-0.2, 0) is 28.5 Å². The lowest BCUT2D eigenvalue weighted by atomic mass is 9.73. The quantitative estimate of drug-likeness (QED) is 0.519. The van der Waals surface area contributed by atoms with E-state index in [1.165, 1.54) is 21.3 Å². The highest BCUT2D eigenvalue weighted by Gasteiger charge is 2.44. The number of nitrogens with zero attached hydrogens (tertiary/aromatic N) is 1. The molecule has 0 unspecified atom stereocenters. The standard InChI is InChI=1S/C23H27NO7/c1-14-13-17(24-9-11-31-12-10-24)20(23(27)30-4)19(18(14)22(26)29-3)15-5-7-16(8-6-15)21(25)28-2/h5-8,13,19-20H,9-12H2,1-4H3/t19-,20+/m1/s1. The summed E-state index contributed by atoms with van der Waals surface area (Å²) < 4.78 is 20.4. The van der Waals surface area contributed by atoms with E-state index in [2.05, 4.69) is 4.90 Å². The second-order valence-electron chi connectivity index (χ2n) is 7.35. The Kier molecular flexibility index (Phi) is 7.12. The molecule has 2 aliphatic rings. The van der Waals surface area contributed by atoms with Crippen LogP contribution < -0.4 is 0 Å². The highest BCUT2D eigenvalue weighted by Crippen LogP contribution is 2.44. The minimum absolute atomic E-state index is 0.376. The maximum Gasteiger partial charge on any atom is 0.337 e. The molecule has 1 aliphatic carbocycles. The molecule has 3 rings (SSSR count). The van der Waals surface area contributed by atoms with Crippen LogP contribution >= 0.6 is 0 Å². The molecule has 0 radical (unpaired) electrons. The van der Waals surface area contributed by atoms with Crippen LogP contribution in [0.4, 0.5) is 0 Å². The van der Waals surface area contributed by atoms with E-state index in [0.717, 1.165) is 11.3 Å². The van der Waals surface area contributed by atoms with Gasteiger partial charge in [-0.15, -0.1) is 0 Å². The Morgan fingerprint density at radius 1 is 0.935 bits per heavy atom. The molecule has 1 aromatic rings. The van der Waals surface area contributed by atoms with Crippen molar-refractivity contribution in [3.05, 3.63) is 58.3 Å². The van der Waals surface area contributed by atoms with Gasteiger partial charge in [0.15, 0.2) is 0 Å². The zero-order chi connectivity index (χ0) is 22.5. The van der Waals surface area contributed by atoms with Crippen LogP contribution in [0.1, 0.15) is 28.8 Å². The molecule has 8 heteroatoms. The zero-order valence-electron chi connectivity index (χ0n) is 18.2. The van der Waals surface area contributed by atoms with Gasteiger partial charge in [0.2, 0.25) is 0 Å². The number of allylic oxidation sites excluding steroid dienone is 2. The summed E-state index contributed by atoms with van der Waals surface area (Å²) in [5.41, 5.74) is 2.96. The van der Waals surface area contributed by atoms with Crippen molar-refractivity contribution in [2.24, 2.45) is 5.92 Å². The van der Waals surface area contributed by atoms with Crippen LogP contribution in [0.2, 0.25) is 0 Å². The van der Waals surface area contributed by atoms with Gasteiger partial charge in [0.05, 0.1) is 40.1 Å². The van der Waals surface area contributed by atoms with Crippen LogP contribution in [0.3, 0.4) is 0 Å². The van der Waals surface area contributed by atoms with Gasteiger partial charge in [0.25, 0.3) is 0 Å². The lowest BCUT2D eigenvalue weighted by molar-refractivity contribution is -0.145. The van der Waals surface area contributed by atoms with E-state index in [9.17, 15) is 14.4 Å². The van der Waals surface area contributed by atoms with Crippen molar-refractivity contribution in [3.63, 3.8) is 0 Å². The average molecular weight is 429 g/mol. The largest absolute Gasteiger partial charge is 0.468 e. The van der Waals surface area contributed by atoms with Gasteiger partial charge < -0.3 is 23.8 Å². The highest BCUT2D eigenvalue weighted by atomic mass is 16.5. The third-order valence-corrected chi connectivity index (χ3v) is 5.68. The summed E-state index contributed by atoms with van der Waals surface area (Å²) in [5, 5.41) is 0. The van der Waals surface area contributed by atoms with Crippen molar-refractivity contribution in [2.75, 3.05) is 47.6 Å². The first kappa shape index (κ1) is 22.6. The Morgan fingerprint density at radius 3 is 2.10 bits per heavy atom. The third-order valence-electron chi connectivity index (χ3n) is 5.68. The molecule has 1 saturated heterocycles. The van der Waals surface area contributed by atoms with Gasteiger partial charge in [-0.3, -0.25) is 4.79 Å². The monoisotopic (exact) mass is 429 g/mol. The Morgan fingerprint density at radius 2 is 1.55 bits per heavy atom. The predicted molar refractivity (Wildman–Crippen MR) is 111 cm³/mol. The van der Waals surface area contributed by atoms with Crippen LogP contribution in [0.15, 0.2) is 47.2 Å². The molecule has 0 N–H and O–H groups in total. The van der Waals surface area contributed by atoms with E-state index in [0.29, 0.717) is 43.0 Å². The van der Waals surface area contributed by atoms with E-state index >= 15 is 0 Å². The molecule has 2 atom stereocenters. The summed E-state index contributed by atoms with van der Waals surface area (Å²) in [7, 11) is 3.96. The van der Waals surface area contributed by atoms with Crippen molar-refractivity contribution in [1.29, 1.82) is 0 Å². The molecule has 0 saturated carbocycles. The second-order valence-corrected chi connectivity index (χ2v) is 7.35. The normalized spacial score (nSPS) is 21.3.